The van der Waals surface area contributed by atoms with Crippen LogP contribution in [-0.4, -0.2) is 24.7 Å². The van der Waals surface area contributed by atoms with Gasteiger partial charge in [-0.25, -0.2) is 4.98 Å². The van der Waals surface area contributed by atoms with Gasteiger partial charge in [0.25, 0.3) is 0 Å². The van der Waals surface area contributed by atoms with Crippen molar-refractivity contribution in [2.45, 2.75) is 0 Å². The molecule has 2 aromatic rings. The molecule has 0 unspecified atom stereocenters. The van der Waals surface area contributed by atoms with Gasteiger partial charge in [-0.15, -0.1) is 10.2 Å². The number of aromatic nitrogens is 5. The Hall–Kier alpha value is -1.30. The molecule has 0 amide bonds. The van der Waals surface area contributed by atoms with Crippen molar-refractivity contribution in [3.05, 3.63) is 29.7 Å². The summed E-state index contributed by atoms with van der Waals surface area (Å²) in [5.41, 5.74) is 0. The van der Waals surface area contributed by atoms with Gasteiger partial charge in [-0.05, 0) is 15.9 Å². The molecule has 0 aliphatic rings. The van der Waals surface area contributed by atoms with Crippen LogP contribution in [0.1, 0.15) is 0 Å². The average Bonchev–Trinajstić information content (AvgIpc) is 2.53. The fourth-order valence-corrected chi connectivity index (χ4v) is 1.16. The number of rotatable bonds is 1. The van der Waals surface area contributed by atoms with Crippen molar-refractivity contribution in [3.8, 4) is 5.82 Å². The van der Waals surface area contributed by atoms with Crippen LogP contribution in [0.15, 0.2) is 29.7 Å². The lowest BCUT2D eigenvalue weighted by atomic mass is 10.6. The van der Waals surface area contributed by atoms with E-state index >= 15 is 0 Å². The molecule has 0 bridgehead atoms. The van der Waals surface area contributed by atoms with Crippen LogP contribution < -0.4 is 0 Å². The highest BCUT2D eigenvalue weighted by atomic mass is 79.9. The lowest BCUT2D eigenvalue weighted by molar-refractivity contribution is 0.943. The van der Waals surface area contributed by atoms with E-state index in [1.807, 2.05) is 0 Å². The first-order valence-corrected chi connectivity index (χ1v) is 3.99. The topological polar surface area (TPSA) is 56.5 Å². The summed E-state index contributed by atoms with van der Waals surface area (Å²) in [5.74, 6) is 0.689. The van der Waals surface area contributed by atoms with E-state index in [0.29, 0.717) is 10.6 Å². The zero-order valence-corrected chi connectivity index (χ0v) is 7.51. The molecule has 0 saturated heterocycles. The zero-order valence-electron chi connectivity index (χ0n) is 5.92. The van der Waals surface area contributed by atoms with Gasteiger partial charge < -0.3 is 0 Å². The number of hydrogen-bond acceptors (Lipinski definition) is 4. The van der Waals surface area contributed by atoms with E-state index < -0.39 is 0 Å². The summed E-state index contributed by atoms with van der Waals surface area (Å²) in [7, 11) is 0. The Balaban J connectivity index is 2.51. The van der Waals surface area contributed by atoms with Crippen molar-refractivity contribution in [1.82, 2.24) is 24.7 Å². The maximum absolute atomic E-state index is 4.07. The Labute approximate surface area is 76.6 Å². The number of halogens is 1. The van der Waals surface area contributed by atoms with Gasteiger partial charge in [0.1, 0.15) is 6.33 Å². The van der Waals surface area contributed by atoms with Gasteiger partial charge in [-0.1, -0.05) is 0 Å². The lowest BCUT2D eigenvalue weighted by Crippen LogP contribution is -1.95. The van der Waals surface area contributed by atoms with E-state index in [9.17, 15) is 0 Å². The molecule has 0 spiro atoms. The predicted octanol–water partition coefficient (Wildman–Crippen LogP) is 0.820. The normalized spacial score (nSPS) is 10.1. The Morgan fingerprint density at radius 3 is 2.83 bits per heavy atom. The van der Waals surface area contributed by atoms with E-state index in [4.69, 9.17) is 0 Å². The molecule has 5 nitrogen and oxygen atoms in total. The summed E-state index contributed by atoms with van der Waals surface area (Å²) in [6.07, 6.45) is 6.42. The highest BCUT2D eigenvalue weighted by Crippen LogP contribution is 2.09. The van der Waals surface area contributed by atoms with Crippen LogP contribution in [0.5, 0.6) is 0 Å². The molecule has 2 rings (SSSR count). The van der Waals surface area contributed by atoms with Gasteiger partial charge in [0.05, 0.1) is 6.20 Å². The lowest BCUT2D eigenvalue weighted by Gasteiger charge is -1.97. The first-order chi connectivity index (χ1) is 5.88. The van der Waals surface area contributed by atoms with E-state index in [1.54, 1.807) is 29.5 Å². The van der Waals surface area contributed by atoms with Gasteiger partial charge in [0, 0.05) is 12.4 Å². The molecule has 60 valence electrons. The molecular weight excluding hydrogens is 222 g/mol. The Bertz CT molecular complexity index is 370. The zero-order chi connectivity index (χ0) is 8.39. The molecule has 2 aromatic heterocycles. The van der Waals surface area contributed by atoms with Crippen LogP contribution in [0.4, 0.5) is 0 Å². The number of hydrogen-bond donors (Lipinski definition) is 0. The molecule has 6 heteroatoms. The van der Waals surface area contributed by atoms with Crippen LogP contribution in [0.3, 0.4) is 0 Å². The second-order valence-electron chi connectivity index (χ2n) is 2.03. The Morgan fingerprint density at radius 2 is 2.25 bits per heavy atom. The summed E-state index contributed by atoms with van der Waals surface area (Å²) < 4.78 is 2.30. The molecule has 0 saturated carbocycles. The fraction of sp³-hybridized carbons (Fsp3) is 0. The first-order valence-electron chi connectivity index (χ1n) is 3.20. The highest BCUT2D eigenvalue weighted by molar-refractivity contribution is 9.10. The molecule has 0 fully saturated rings. The summed E-state index contributed by atoms with van der Waals surface area (Å²) in [6.45, 7) is 0. The number of nitrogens with zero attached hydrogens (tertiary/aromatic N) is 5. The minimum Gasteiger partial charge on any atom is -0.259 e. The van der Waals surface area contributed by atoms with Crippen molar-refractivity contribution in [1.29, 1.82) is 0 Å². The Morgan fingerprint density at radius 1 is 1.33 bits per heavy atom. The standard InChI is InChI=1S/C6H4BrN5/c7-6-11-10-4-12(6)5-3-8-1-2-9-5/h1-4H. The molecule has 0 aliphatic carbocycles. The third-order valence-corrected chi connectivity index (χ3v) is 1.84. The maximum Gasteiger partial charge on any atom is 0.205 e. The van der Waals surface area contributed by atoms with Gasteiger partial charge in [0.2, 0.25) is 4.73 Å². The van der Waals surface area contributed by atoms with Crippen LogP contribution in [0.2, 0.25) is 0 Å². The summed E-state index contributed by atoms with van der Waals surface area (Å²) in [4.78, 5) is 7.99. The van der Waals surface area contributed by atoms with Crippen LogP contribution in [0.25, 0.3) is 5.82 Å². The molecular formula is C6H4BrN5. The molecule has 0 aromatic carbocycles. The molecule has 0 radical (unpaired) electrons. The minimum absolute atomic E-state index is 0.614. The smallest absolute Gasteiger partial charge is 0.205 e. The van der Waals surface area contributed by atoms with Gasteiger partial charge >= 0.3 is 0 Å². The monoisotopic (exact) mass is 225 g/mol. The quantitative estimate of drug-likeness (QED) is 0.722. The molecule has 0 aliphatic heterocycles. The maximum atomic E-state index is 4.07. The summed E-state index contributed by atoms with van der Waals surface area (Å²) >= 11 is 3.22. The predicted molar refractivity (Wildman–Crippen MR) is 44.6 cm³/mol. The van der Waals surface area contributed by atoms with Crippen molar-refractivity contribution < 1.29 is 0 Å². The Kier molecular flexibility index (Phi) is 1.83. The molecule has 12 heavy (non-hydrogen) atoms. The molecule has 2 heterocycles. The van der Waals surface area contributed by atoms with Crippen molar-refractivity contribution in [3.63, 3.8) is 0 Å². The van der Waals surface area contributed by atoms with Crippen LogP contribution in [-0.2, 0) is 0 Å². The second kappa shape index (κ2) is 2.98. The molecule has 0 atom stereocenters. The van der Waals surface area contributed by atoms with Crippen molar-refractivity contribution in [2.24, 2.45) is 0 Å². The highest BCUT2D eigenvalue weighted by Gasteiger charge is 2.02. The van der Waals surface area contributed by atoms with E-state index in [-0.39, 0.29) is 0 Å². The second-order valence-corrected chi connectivity index (χ2v) is 2.74. The fourth-order valence-electron chi connectivity index (χ4n) is 0.790. The van der Waals surface area contributed by atoms with E-state index in [2.05, 4.69) is 36.1 Å². The van der Waals surface area contributed by atoms with E-state index in [1.165, 1.54) is 0 Å². The van der Waals surface area contributed by atoms with Crippen molar-refractivity contribution in [2.75, 3.05) is 0 Å². The minimum atomic E-state index is 0.614. The average molecular weight is 226 g/mol. The van der Waals surface area contributed by atoms with Gasteiger partial charge in [0.15, 0.2) is 5.82 Å². The SMILES string of the molecule is Brc1nncn1-c1cnccn1. The summed E-state index contributed by atoms with van der Waals surface area (Å²) in [6, 6.07) is 0. The van der Waals surface area contributed by atoms with Crippen molar-refractivity contribution >= 4 is 15.9 Å². The third kappa shape index (κ3) is 1.20. The van der Waals surface area contributed by atoms with Crippen LogP contribution >= 0.6 is 15.9 Å². The summed E-state index contributed by atoms with van der Waals surface area (Å²) in [5, 5.41) is 7.45. The third-order valence-electron chi connectivity index (χ3n) is 1.30. The largest absolute Gasteiger partial charge is 0.259 e. The van der Waals surface area contributed by atoms with Crippen LogP contribution in [0, 0.1) is 0 Å². The first kappa shape index (κ1) is 7.35. The van der Waals surface area contributed by atoms with Gasteiger partial charge in [-0.2, -0.15) is 0 Å². The van der Waals surface area contributed by atoms with E-state index in [0.717, 1.165) is 0 Å². The molecule has 0 N–H and O–H groups in total. The van der Waals surface area contributed by atoms with Gasteiger partial charge in [-0.3, -0.25) is 9.55 Å².